The Morgan fingerprint density at radius 1 is 1.14 bits per heavy atom. The molecule has 0 radical (unpaired) electrons. The third kappa shape index (κ3) is 8.59. The lowest BCUT2D eigenvalue weighted by molar-refractivity contribution is -0.112. The van der Waals surface area contributed by atoms with E-state index in [-0.39, 0.29) is 23.5 Å². The number of aliphatic hydroxyl groups excluding tert-OH is 1. The quantitative estimate of drug-likeness (QED) is 0.349. The Hall–Kier alpha value is -2.88. The average Bonchev–Trinajstić information content (AvgIpc) is 2.85. The van der Waals surface area contributed by atoms with Crippen molar-refractivity contribution in [2.75, 3.05) is 19.5 Å². The predicted octanol–water partition coefficient (Wildman–Crippen LogP) is 4.08. The summed E-state index contributed by atoms with van der Waals surface area (Å²) in [5, 5.41) is 24.7. The molecule has 1 aromatic carbocycles. The summed E-state index contributed by atoms with van der Waals surface area (Å²) in [7, 11) is 3.08. The second kappa shape index (κ2) is 14.2. The number of aliphatic hydroxyl groups is 1. The number of methoxy groups -OCH3 is 2. The van der Waals surface area contributed by atoms with Crippen molar-refractivity contribution in [1.82, 2.24) is 0 Å². The molecule has 2 amide bonds. The Balaban J connectivity index is 2.48. The first kappa shape index (κ1) is 30.3. The van der Waals surface area contributed by atoms with Gasteiger partial charge in [-0.15, -0.1) is 0 Å². The number of nitrogens with one attached hydrogen (secondary N) is 1. The molecule has 6 atom stereocenters. The molecule has 9 nitrogen and oxygen atoms in total. The minimum Gasteiger partial charge on any atom is -0.505 e. The molecule has 206 valence electrons. The molecule has 0 aromatic heterocycles. The van der Waals surface area contributed by atoms with Gasteiger partial charge in [0.05, 0.1) is 24.0 Å². The molecular formula is C28H42N2O7. The summed E-state index contributed by atoms with van der Waals surface area (Å²) in [5.41, 5.74) is 7.56. The summed E-state index contributed by atoms with van der Waals surface area (Å²) in [4.78, 5) is 24.5. The van der Waals surface area contributed by atoms with Crippen LogP contribution >= 0.6 is 0 Å². The molecule has 2 bridgehead atoms. The van der Waals surface area contributed by atoms with Gasteiger partial charge in [0.15, 0.2) is 6.10 Å². The van der Waals surface area contributed by atoms with Crippen molar-refractivity contribution in [3.63, 3.8) is 0 Å². The number of benzene rings is 1. The lowest BCUT2D eigenvalue weighted by atomic mass is 9.88. The van der Waals surface area contributed by atoms with Gasteiger partial charge >= 0.3 is 6.09 Å². The van der Waals surface area contributed by atoms with Crippen molar-refractivity contribution in [3.8, 4) is 5.75 Å². The number of nitrogens with two attached hydrogens (primary N) is 1. The number of para-hydroxylation sites is 1. The minimum atomic E-state index is -0.928. The molecule has 0 aliphatic carbocycles. The van der Waals surface area contributed by atoms with E-state index in [0.717, 1.165) is 0 Å². The van der Waals surface area contributed by atoms with Gasteiger partial charge in [-0.05, 0) is 62.7 Å². The van der Waals surface area contributed by atoms with E-state index in [4.69, 9.17) is 19.9 Å². The number of phenolic OH excluding ortho intramolecular Hbond substituents is 1. The third-order valence-corrected chi connectivity index (χ3v) is 6.91. The Bertz CT molecular complexity index is 991. The number of rotatable bonds is 3. The lowest BCUT2D eigenvalue weighted by Gasteiger charge is -2.30. The van der Waals surface area contributed by atoms with Crippen molar-refractivity contribution < 1.29 is 34.0 Å². The predicted molar refractivity (Wildman–Crippen MR) is 142 cm³/mol. The molecule has 5 N–H and O–H groups in total. The maximum atomic E-state index is 12.8. The molecule has 0 unspecified atom stereocenters. The summed E-state index contributed by atoms with van der Waals surface area (Å²) < 4.78 is 16.7. The number of amides is 2. The standard InChI is InChI=1S/C28H42N2O7/c1-16-13-20-10-8-11-21(25(20)32)30-27(33)17(2)9-7-12-22(35-5)26(37-28(29)34)19(4)15-18(3)24(31)23(14-16)36-6/h8-11,15-16,18,22-24,26,31-32H,7,12-14H2,1-6H3,(H2,29,34)(H,30,33)/b17-9+,19-15+/t16-,18+,22+,23+,24-,26+/m1/s1. The average molecular weight is 519 g/mol. The minimum absolute atomic E-state index is 0.0285. The summed E-state index contributed by atoms with van der Waals surface area (Å²) in [6, 6.07) is 5.27. The highest BCUT2D eigenvalue weighted by molar-refractivity contribution is 6.04. The normalized spacial score (nSPS) is 31.4. The second-order valence-electron chi connectivity index (χ2n) is 9.94. The number of ether oxygens (including phenoxy) is 3. The number of primary amides is 1. The van der Waals surface area contributed by atoms with Gasteiger partial charge in [-0.1, -0.05) is 38.1 Å². The first-order valence-electron chi connectivity index (χ1n) is 12.6. The van der Waals surface area contributed by atoms with E-state index in [1.807, 2.05) is 26.0 Å². The fourth-order valence-corrected chi connectivity index (χ4v) is 4.79. The molecule has 37 heavy (non-hydrogen) atoms. The smallest absolute Gasteiger partial charge is 0.405 e. The van der Waals surface area contributed by atoms with E-state index in [1.165, 1.54) is 7.11 Å². The Morgan fingerprint density at radius 2 is 1.81 bits per heavy atom. The van der Waals surface area contributed by atoms with Gasteiger partial charge in [0.25, 0.3) is 5.91 Å². The molecule has 0 saturated heterocycles. The SMILES string of the molecule is CO[C@H]1C[C@H](C)Cc2cccc(c2O)NC(=O)/C(C)=C/CC[C@H](OC)[C@@H](OC(N)=O)/C(C)=C/[C@H](C)[C@H]1O. The highest BCUT2D eigenvalue weighted by Crippen LogP contribution is 2.32. The van der Waals surface area contributed by atoms with Crippen LogP contribution in [0, 0.1) is 11.8 Å². The van der Waals surface area contributed by atoms with Crippen LogP contribution in [0.25, 0.3) is 0 Å². The van der Waals surface area contributed by atoms with Crippen molar-refractivity contribution >= 4 is 17.7 Å². The number of hydrogen-bond acceptors (Lipinski definition) is 7. The Kier molecular flexibility index (Phi) is 11.6. The van der Waals surface area contributed by atoms with Crippen LogP contribution in [0.5, 0.6) is 5.75 Å². The molecule has 1 aliphatic rings. The fraction of sp³-hybridized carbons (Fsp3) is 0.571. The van der Waals surface area contributed by atoms with Gasteiger partial charge in [0.2, 0.25) is 0 Å². The summed E-state index contributed by atoms with van der Waals surface area (Å²) in [6.07, 6.45) is 2.08. The Labute approximate surface area is 219 Å². The summed E-state index contributed by atoms with van der Waals surface area (Å²) in [6.45, 7) is 7.39. The number of anilines is 1. The van der Waals surface area contributed by atoms with Gasteiger partial charge in [-0.25, -0.2) is 4.79 Å². The van der Waals surface area contributed by atoms with E-state index in [1.54, 1.807) is 39.2 Å². The first-order chi connectivity index (χ1) is 17.5. The second-order valence-corrected chi connectivity index (χ2v) is 9.94. The fourth-order valence-electron chi connectivity index (χ4n) is 4.79. The van der Waals surface area contributed by atoms with Crippen LogP contribution < -0.4 is 11.1 Å². The summed E-state index contributed by atoms with van der Waals surface area (Å²) in [5.74, 6) is -0.566. The van der Waals surface area contributed by atoms with Crippen LogP contribution in [0.3, 0.4) is 0 Å². The summed E-state index contributed by atoms with van der Waals surface area (Å²) >= 11 is 0. The highest BCUT2D eigenvalue weighted by Gasteiger charge is 2.30. The molecule has 9 heteroatoms. The van der Waals surface area contributed by atoms with Crippen molar-refractivity contribution in [2.45, 2.75) is 77.8 Å². The zero-order chi connectivity index (χ0) is 27.7. The Morgan fingerprint density at radius 3 is 2.43 bits per heavy atom. The van der Waals surface area contributed by atoms with Crippen molar-refractivity contribution in [1.29, 1.82) is 0 Å². The number of fused-ring (bicyclic) bond motifs is 2. The van der Waals surface area contributed by atoms with Gasteiger partial charge in [-0.3, -0.25) is 4.79 Å². The zero-order valence-electron chi connectivity index (χ0n) is 22.7. The molecule has 1 aromatic rings. The molecular weight excluding hydrogens is 476 g/mol. The van der Waals surface area contributed by atoms with Gasteiger partial charge < -0.3 is 35.5 Å². The number of carbonyl (C=O) groups excluding carboxylic acids is 2. The number of hydrogen-bond donors (Lipinski definition) is 4. The van der Waals surface area contributed by atoms with Crippen LogP contribution in [0.4, 0.5) is 10.5 Å². The lowest BCUT2D eigenvalue weighted by Crippen LogP contribution is -2.37. The molecule has 1 heterocycles. The maximum absolute atomic E-state index is 12.8. The zero-order valence-corrected chi connectivity index (χ0v) is 22.7. The number of aromatic hydroxyl groups is 1. The van der Waals surface area contributed by atoms with Crippen LogP contribution in [0.1, 0.15) is 52.5 Å². The van der Waals surface area contributed by atoms with Crippen LogP contribution in [0.2, 0.25) is 0 Å². The molecule has 2 rings (SSSR count). The number of carbonyl (C=O) groups is 2. The van der Waals surface area contributed by atoms with E-state index < -0.39 is 30.5 Å². The largest absolute Gasteiger partial charge is 0.505 e. The topological polar surface area (TPSA) is 140 Å². The first-order valence-corrected chi connectivity index (χ1v) is 12.6. The highest BCUT2D eigenvalue weighted by atomic mass is 16.6. The van der Waals surface area contributed by atoms with Gasteiger partial charge in [0, 0.05) is 25.7 Å². The van der Waals surface area contributed by atoms with Crippen LogP contribution in [-0.4, -0.2) is 60.8 Å². The van der Waals surface area contributed by atoms with Gasteiger partial charge in [-0.2, -0.15) is 0 Å². The van der Waals surface area contributed by atoms with Crippen molar-refractivity contribution in [3.05, 3.63) is 47.1 Å². The maximum Gasteiger partial charge on any atom is 0.405 e. The molecule has 0 spiro atoms. The van der Waals surface area contributed by atoms with Crippen molar-refractivity contribution in [2.24, 2.45) is 17.6 Å². The van der Waals surface area contributed by atoms with E-state index in [2.05, 4.69) is 5.32 Å². The molecule has 0 saturated carbocycles. The van der Waals surface area contributed by atoms with Gasteiger partial charge in [0.1, 0.15) is 5.75 Å². The van der Waals surface area contributed by atoms with Crippen LogP contribution in [0.15, 0.2) is 41.5 Å². The monoisotopic (exact) mass is 518 g/mol. The molecule has 1 aliphatic heterocycles. The molecule has 0 fully saturated rings. The third-order valence-electron chi connectivity index (χ3n) is 6.91. The van der Waals surface area contributed by atoms with Crippen LogP contribution in [-0.2, 0) is 25.4 Å². The number of allylic oxidation sites excluding steroid dienone is 1. The number of phenols is 1. The van der Waals surface area contributed by atoms with E-state index in [9.17, 15) is 19.8 Å². The van der Waals surface area contributed by atoms with E-state index in [0.29, 0.717) is 48.1 Å². The van der Waals surface area contributed by atoms with E-state index >= 15 is 0 Å².